The second-order valence-corrected chi connectivity index (χ2v) is 9.02. The summed E-state index contributed by atoms with van der Waals surface area (Å²) in [5, 5.41) is 1.16. The highest BCUT2D eigenvalue weighted by Crippen LogP contribution is 2.39. The zero-order valence-electron chi connectivity index (χ0n) is 16.1. The summed E-state index contributed by atoms with van der Waals surface area (Å²) in [7, 11) is 3.84. The van der Waals surface area contributed by atoms with Gasteiger partial charge in [0, 0.05) is 25.6 Å². The van der Waals surface area contributed by atoms with E-state index in [2.05, 4.69) is 45.7 Å². The molecule has 1 aliphatic carbocycles. The lowest BCUT2D eigenvalue weighted by Gasteiger charge is -2.32. The fourth-order valence-corrected chi connectivity index (χ4v) is 4.42. The van der Waals surface area contributed by atoms with Gasteiger partial charge in [-0.05, 0) is 26.2 Å². The molecule has 0 saturated carbocycles. The number of fused-ring (bicyclic) bond motifs is 1. The van der Waals surface area contributed by atoms with Gasteiger partial charge < -0.3 is 9.64 Å². The number of aryl methyl sites for hydroxylation is 2. The Hall–Kier alpha value is -1.53. The van der Waals surface area contributed by atoms with Gasteiger partial charge in [-0.1, -0.05) is 20.8 Å². The van der Waals surface area contributed by atoms with Crippen LogP contribution in [0, 0.1) is 6.92 Å². The highest BCUT2D eigenvalue weighted by atomic mass is 32.1. The summed E-state index contributed by atoms with van der Waals surface area (Å²) >= 11 is 1.82. The van der Waals surface area contributed by atoms with Gasteiger partial charge >= 0.3 is 0 Å². The molecule has 3 rings (SSSR count). The third-order valence-electron chi connectivity index (χ3n) is 4.59. The normalized spacial score (nSPS) is 17.4. The lowest BCUT2D eigenvalue weighted by molar-refractivity contribution is 0.181. The number of ether oxygens (including phenoxy) is 1. The van der Waals surface area contributed by atoms with Crippen molar-refractivity contribution in [1.29, 1.82) is 0 Å². The van der Waals surface area contributed by atoms with E-state index in [4.69, 9.17) is 19.7 Å². The van der Waals surface area contributed by atoms with Gasteiger partial charge in [0.15, 0.2) is 0 Å². The van der Waals surface area contributed by atoms with Crippen LogP contribution in [-0.2, 0) is 23.2 Å². The Morgan fingerprint density at radius 2 is 2.04 bits per heavy atom. The first-order valence-electron chi connectivity index (χ1n) is 8.86. The van der Waals surface area contributed by atoms with E-state index < -0.39 is 0 Å². The number of nitrogens with zero attached hydrogens (tertiary/aromatic N) is 4. The molecule has 1 aliphatic rings. The zero-order chi connectivity index (χ0) is 18.2. The van der Waals surface area contributed by atoms with E-state index in [1.54, 1.807) is 7.11 Å². The largest absolute Gasteiger partial charge is 0.378 e. The van der Waals surface area contributed by atoms with Gasteiger partial charge in [-0.2, -0.15) is 0 Å². The first-order valence-corrected chi connectivity index (χ1v) is 9.67. The molecular weight excluding hydrogens is 332 g/mol. The van der Waals surface area contributed by atoms with E-state index in [1.165, 1.54) is 17.0 Å². The molecule has 0 bridgehead atoms. The lowest BCUT2D eigenvalue weighted by atomic mass is 9.95. The highest BCUT2D eigenvalue weighted by molar-refractivity contribution is 7.11. The van der Waals surface area contributed by atoms with Gasteiger partial charge in [-0.25, -0.2) is 15.0 Å². The summed E-state index contributed by atoms with van der Waals surface area (Å²) in [6, 6.07) is 2.40. The molecule has 0 spiro atoms. The maximum atomic E-state index is 5.32. The Kier molecular flexibility index (Phi) is 5.11. The first kappa shape index (κ1) is 18.3. The lowest BCUT2D eigenvalue weighted by Crippen LogP contribution is -2.29. The summed E-state index contributed by atoms with van der Waals surface area (Å²) in [6.45, 7) is 9.04. The van der Waals surface area contributed by atoms with Crippen LogP contribution in [0.1, 0.15) is 66.8 Å². The van der Waals surface area contributed by atoms with Crippen LogP contribution in [0.15, 0.2) is 6.07 Å². The Bertz CT molecular complexity index is 750. The van der Waals surface area contributed by atoms with Crippen LogP contribution >= 0.6 is 11.3 Å². The van der Waals surface area contributed by atoms with Crippen molar-refractivity contribution in [2.45, 2.75) is 65.0 Å². The molecule has 136 valence electrons. The molecule has 2 aromatic rings. The number of hydrogen-bond donors (Lipinski definition) is 0. The fourth-order valence-electron chi connectivity index (χ4n) is 3.27. The highest BCUT2D eigenvalue weighted by Gasteiger charge is 2.29. The second-order valence-electron chi connectivity index (χ2n) is 7.79. The van der Waals surface area contributed by atoms with Gasteiger partial charge in [0.1, 0.15) is 11.6 Å². The third kappa shape index (κ3) is 3.85. The van der Waals surface area contributed by atoms with Crippen molar-refractivity contribution in [2.24, 2.45) is 0 Å². The van der Waals surface area contributed by atoms with Crippen molar-refractivity contribution >= 4 is 17.2 Å². The molecule has 0 radical (unpaired) electrons. The Morgan fingerprint density at radius 3 is 2.72 bits per heavy atom. The van der Waals surface area contributed by atoms with E-state index in [-0.39, 0.29) is 5.41 Å². The Morgan fingerprint density at radius 1 is 1.28 bits per heavy atom. The van der Waals surface area contributed by atoms with E-state index in [1.807, 2.05) is 11.3 Å². The summed E-state index contributed by atoms with van der Waals surface area (Å²) in [4.78, 5) is 18.0. The second kappa shape index (κ2) is 7.00. The first-order chi connectivity index (χ1) is 11.8. The molecular formula is C19H28N4OS. The van der Waals surface area contributed by atoms with Crippen molar-refractivity contribution in [3.05, 3.63) is 33.2 Å². The molecule has 0 aromatic carbocycles. The maximum Gasteiger partial charge on any atom is 0.136 e. The van der Waals surface area contributed by atoms with Crippen LogP contribution in [0.4, 0.5) is 5.82 Å². The van der Waals surface area contributed by atoms with Crippen molar-refractivity contribution in [2.75, 3.05) is 19.1 Å². The summed E-state index contributed by atoms with van der Waals surface area (Å²) < 4.78 is 5.32. The molecule has 0 amide bonds. The van der Waals surface area contributed by atoms with Gasteiger partial charge in [0.25, 0.3) is 0 Å². The minimum Gasteiger partial charge on any atom is -0.378 e. The van der Waals surface area contributed by atoms with Gasteiger partial charge in [-0.15, -0.1) is 11.3 Å². The maximum absolute atomic E-state index is 5.32. The van der Waals surface area contributed by atoms with Crippen LogP contribution in [0.3, 0.4) is 0 Å². The monoisotopic (exact) mass is 360 g/mol. The fraction of sp³-hybridized carbons (Fsp3) is 0.632. The van der Waals surface area contributed by atoms with Gasteiger partial charge in [0.05, 0.1) is 33.9 Å². The molecule has 6 heteroatoms. The number of hydrogen-bond acceptors (Lipinski definition) is 6. The standard InChI is InChI=1S/C19H28N4OS/c1-12-20-14-8-7-9-15(17(14)25-12)23(5)16-10-13(11-24-6)21-18(22-16)19(2,3)4/h10,15H,7-9,11H2,1-6H3. The molecule has 0 aliphatic heterocycles. The van der Waals surface area contributed by atoms with Crippen molar-refractivity contribution in [3.8, 4) is 0 Å². The zero-order valence-corrected chi connectivity index (χ0v) is 16.9. The van der Waals surface area contributed by atoms with Crippen molar-refractivity contribution < 1.29 is 4.74 Å². The third-order valence-corrected chi connectivity index (χ3v) is 5.70. The number of thiazole rings is 1. The van der Waals surface area contributed by atoms with E-state index in [0.29, 0.717) is 12.6 Å². The molecule has 25 heavy (non-hydrogen) atoms. The predicted octanol–water partition coefficient (Wildman–Crippen LogP) is 4.20. The topological polar surface area (TPSA) is 51.1 Å². The van der Waals surface area contributed by atoms with Crippen molar-refractivity contribution in [3.63, 3.8) is 0 Å². The smallest absolute Gasteiger partial charge is 0.136 e. The quantitative estimate of drug-likeness (QED) is 0.818. The van der Waals surface area contributed by atoms with E-state index in [0.717, 1.165) is 35.2 Å². The molecule has 0 N–H and O–H groups in total. The minimum absolute atomic E-state index is 0.0991. The number of aromatic nitrogens is 3. The SMILES string of the molecule is COCc1cc(N(C)C2CCCc3nc(C)sc32)nc(C(C)(C)C)n1. The van der Waals surface area contributed by atoms with Crippen LogP contribution < -0.4 is 4.90 Å². The molecule has 2 heterocycles. The average Bonchev–Trinajstić information content (AvgIpc) is 2.93. The van der Waals surface area contributed by atoms with Crippen LogP contribution in [0.25, 0.3) is 0 Å². The predicted molar refractivity (Wildman–Crippen MR) is 102 cm³/mol. The number of anilines is 1. The summed E-state index contributed by atoms with van der Waals surface area (Å²) in [6.07, 6.45) is 3.41. The molecule has 1 unspecified atom stereocenters. The summed E-state index contributed by atoms with van der Waals surface area (Å²) in [5.74, 6) is 1.83. The van der Waals surface area contributed by atoms with E-state index in [9.17, 15) is 0 Å². The molecule has 1 atom stereocenters. The Balaban J connectivity index is 1.99. The van der Waals surface area contributed by atoms with Gasteiger partial charge in [0.2, 0.25) is 0 Å². The van der Waals surface area contributed by atoms with E-state index >= 15 is 0 Å². The average molecular weight is 361 g/mol. The van der Waals surface area contributed by atoms with Gasteiger partial charge in [-0.3, -0.25) is 0 Å². The number of methoxy groups -OCH3 is 1. The molecule has 0 saturated heterocycles. The molecule has 5 nitrogen and oxygen atoms in total. The van der Waals surface area contributed by atoms with Crippen LogP contribution in [0.2, 0.25) is 0 Å². The van der Waals surface area contributed by atoms with Crippen LogP contribution in [0.5, 0.6) is 0 Å². The van der Waals surface area contributed by atoms with Crippen molar-refractivity contribution in [1.82, 2.24) is 15.0 Å². The van der Waals surface area contributed by atoms with Crippen LogP contribution in [-0.4, -0.2) is 29.1 Å². The molecule has 0 fully saturated rings. The summed E-state index contributed by atoms with van der Waals surface area (Å²) in [5.41, 5.74) is 2.10. The minimum atomic E-state index is -0.0991. The Labute approximate surface area is 154 Å². The molecule has 2 aromatic heterocycles. The number of rotatable bonds is 4.